The summed E-state index contributed by atoms with van der Waals surface area (Å²) >= 11 is 0. The number of amides is 3. The molecule has 0 radical (unpaired) electrons. The summed E-state index contributed by atoms with van der Waals surface area (Å²) in [4.78, 5) is 33.2. The number of alkyl halides is 3. The van der Waals surface area contributed by atoms with Crippen molar-refractivity contribution in [1.29, 1.82) is 0 Å². The van der Waals surface area contributed by atoms with Crippen molar-refractivity contribution in [3.8, 4) is 0 Å². The van der Waals surface area contributed by atoms with Crippen molar-refractivity contribution in [1.82, 2.24) is 15.2 Å². The molecule has 3 heterocycles. The molecule has 0 bridgehead atoms. The molecule has 3 fully saturated rings. The van der Waals surface area contributed by atoms with Gasteiger partial charge >= 0.3 is 12.2 Å². The highest BCUT2D eigenvalue weighted by Crippen LogP contribution is 2.45. The molecule has 2 aromatic rings. The summed E-state index contributed by atoms with van der Waals surface area (Å²) in [6, 6.07) is 8.87. The number of halogens is 3. The normalized spacial score (nSPS) is 21.4. The summed E-state index contributed by atoms with van der Waals surface area (Å²) < 4.78 is 38.1. The minimum atomic E-state index is -4.55. The summed E-state index contributed by atoms with van der Waals surface area (Å²) in [6.07, 6.45) is 3.80. The first-order valence-corrected chi connectivity index (χ1v) is 13.0. The summed E-state index contributed by atoms with van der Waals surface area (Å²) in [5, 5.41) is 5.11. The lowest BCUT2D eigenvalue weighted by molar-refractivity contribution is -0.141. The van der Waals surface area contributed by atoms with Crippen molar-refractivity contribution in [3.05, 3.63) is 53.9 Å². The minimum absolute atomic E-state index is 0. The maximum Gasteiger partial charge on any atom is 0.433 e. The fourth-order valence-corrected chi connectivity index (χ4v) is 5.73. The average molecular weight is 550 g/mol. The highest BCUT2D eigenvalue weighted by atomic mass is 32.1. The molecule has 5 rings (SSSR count). The van der Waals surface area contributed by atoms with E-state index >= 15 is 0 Å². The number of carbonyl (C=O) groups is 2. The Kier molecular flexibility index (Phi) is 8.56. The highest BCUT2D eigenvalue weighted by Gasteiger charge is 2.40. The van der Waals surface area contributed by atoms with E-state index in [0.29, 0.717) is 13.0 Å². The standard InChI is InChI=1S/C27H32F3N5O2.H2S/c28-27(29,30)23-11-8-20(17-31-23)32-25(37)33-22-5-3-16-35(24(22)36)21-9-6-19(7-10-21)26(12-4-13-26)18-34-14-1-2-15-34;/h6-11,17,22H,1-5,12-16,18H2,(H2,32,33,37);1H2/t22-;/m0./s1. The number of hydrogen-bond acceptors (Lipinski definition) is 4. The van der Waals surface area contributed by atoms with Crippen LogP contribution in [0.15, 0.2) is 42.6 Å². The molecule has 1 aromatic heterocycles. The molecule has 3 aliphatic rings. The number of urea groups is 1. The van der Waals surface area contributed by atoms with Gasteiger partial charge in [0.15, 0.2) is 0 Å². The summed E-state index contributed by atoms with van der Waals surface area (Å²) in [5.41, 5.74) is 1.42. The van der Waals surface area contributed by atoms with E-state index in [-0.39, 0.29) is 30.5 Å². The van der Waals surface area contributed by atoms with E-state index in [0.717, 1.165) is 37.0 Å². The molecule has 206 valence electrons. The number of carbonyl (C=O) groups excluding carboxylic acids is 2. The highest BCUT2D eigenvalue weighted by molar-refractivity contribution is 7.59. The van der Waals surface area contributed by atoms with E-state index in [1.54, 1.807) is 4.90 Å². The van der Waals surface area contributed by atoms with Gasteiger partial charge in [0.1, 0.15) is 11.7 Å². The molecule has 1 saturated carbocycles. The Morgan fingerprint density at radius 2 is 1.71 bits per heavy atom. The van der Waals surface area contributed by atoms with Crippen LogP contribution in [-0.2, 0) is 16.4 Å². The van der Waals surface area contributed by atoms with E-state index in [1.807, 2.05) is 12.1 Å². The lowest BCUT2D eigenvalue weighted by atomic mass is 9.64. The van der Waals surface area contributed by atoms with Crippen molar-refractivity contribution < 1.29 is 22.8 Å². The first-order valence-electron chi connectivity index (χ1n) is 13.0. The number of pyridine rings is 1. The van der Waals surface area contributed by atoms with Crippen LogP contribution in [0.5, 0.6) is 0 Å². The number of nitrogens with zero attached hydrogens (tertiary/aromatic N) is 3. The van der Waals surface area contributed by atoms with E-state index in [1.165, 1.54) is 50.8 Å². The minimum Gasteiger partial charge on any atom is -0.326 e. The van der Waals surface area contributed by atoms with Gasteiger partial charge in [-0.2, -0.15) is 26.7 Å². The fourth-order valence-electron chi connectivity index (χ4n) is 5.73. The molecule has 38 heavy (non-hydrogen) atoms. The maximum atomic E-state index is 13.2. The van der Waals surface area contributed by atoms with Crippen molar-refractivity contribution in [2.24, 2.45) is 0 Å². The van der Waals surface area contributed by atoms with Crippen molar-refractivity contribution in [2.45, 2.75) is 62.6 Å². The lowest BCUT2D eigenvalue weighted by Crippen LogP contribution is -2.53. The van der Waals surface area contributed by atoms with Gasteiger partial charge in [-0.05, 0) is 81.4 Å². The van der Waals surface area contributed by atoms with Gasteiger partial charge in [0, 0.05) is 24.2 Å². The van der Waals surface area contributed by atoms with Crippen LogP contribution in [0, 0.1) is 0 Å². The zero-order valence-corrected chi connectivity index (χ0v) is 22.2. The topological polar surface area (TPSA) is 77.6 Å². The summed E-state index contributed by atoms with van der Waals surface area (Å²) in [7, 11) is 0. The third-order valence-electron chi connectivity index (χ3n) is 7.88. The molecule has 1 atom stereocenters. The second-order valence-electron chi connectivity index (χ2n) is 10.4. The number of likely N-dealkylation sites (tertiary alicyclic amines) is 1. The molecule has 0 unspecified atom stereocenters. The Morgan fingerprint density at radius 1 is 1.00 bits per heavy atom. The molecule has 3 amide bonds. The molecular formula is C27H34F3N5O2S. The van der Waals surface area contributed by atoms with Crippen LogP contribution in [0.1, 0.15) is 56.2 Å². The molecule has 2 saturated heterocycles. The van der Waals surface area contributed by atoms with Crippen LogP contribution in [0.2, 0.25) is 0 Å². The van der Waals surface area contributed by atoms with Crippen molar-refractivity contribution in [2.75, 3.05) is 36.4 Å². The number of rotatable bonds is 6. The van der Waals surface area contributed by atoms with Gasteiger partial charge < -0.3 is 20.4 Å². The van der Waals surface area contributed by atoms with Crippen molar-refractivity contribution in [3.63, 3.8) is 0 Å². The second-order valence-corrected chi connectivity index (χ2v) is 10.4. The largest absolute Gasteiger partial charge is 0.433 e. The zero-order chi connectivity index (χ0) is 26.0. The summed E-state index contributed by atoms with van der Waals surface area (Å²) in [6.45, 7) is 4.03. The fraction of sp³-hybridized carbons (Fsp3) is 0.519. The van der Waals surface area contributed by atoms with Gasteiger partial charge in [-0.15, -0.1) is 0 Å². The van der Waals surface area contributed by atoms with Crippen molar-refractivity contribution >= 4 is 36.8 Å². The summed E-state index contributed by atoms with van der Waals surface area (Å²) in [5.74, 6) is -0.199. The van der Waals surface area contributed by atoms with Crippen LogP contribution in [0.4, 0.5) is 29.3 Å². The molecule has 1 aliphatic carbocycles. The number of hydrogen-bond donors (Lipinski definition) is 2. The first-order chi connectivity index (χ1) is 17.7. The third-order valence-corrected chi connectivity index (χ3v) is 7.88. The van der Waals surface area contributed by atoms with E-state index in [4.69, 9.17) is 0 Å². The van der Waals surface area contributed by atoms with Crippen LogP contribution >= 0.6 is 13.5 Å². The molecule has 7 nitrogen and oxygen atoms in total. The van der Waals surface area contributed by atoms with Gasteiger partial charge in [-0.1, -0.05) is 18.6 Å². The number of benzene rings is 1. The number of piperidine rings is 1. The molecule has 2 N–H and O–H groups in total. The van der Waals surface area contributed by atoms with E-state index < -0.39 is 23.9 Å². The SMILES string of the molecule is O=C(Nc1ccc(C(F)(F)F)nc1)N[C@H]1CCCN(c2ccc(C3(CN4CCCC4)CCC3)cc2)C1=O.S. The maximum absolute atomic E-state index is 13.2. The lowest BCUT2D eigenvalue weighted by Gasteiger charge is -2.45. The van der Waals surface area contributed by atoms with Crippen LogP contribution in [-0.4, -0.2) is 54.0 Å². The molecule has 1 aromatic carbocycles. The van der Waals surface area contributed by atoms with Gasteiger partial charge in [0.25, 0.3) is 0 Å². The van der Waals surface area contributed by atoms with Crippen LogP contribution in [0.3, 0.4) is 0 Å². The molecule has 2 aliphatic heterocycles. The van der Waals surface area contributed by atoms with Crippen LogP contribution < -0.4 is 15.5 Å². The van der Waals surface area contributed by atoms with Gasteiger partial charge in [-0.25, -0.2) is 9.78 Å². The van der Waals surface area contributed by atoms with E-state index in [9.17, 15) is 22.8 Å². The predicted octanol–water partition coefficient (Wildman–Crippen LogP) is 5.05. The average Bonchev–Trinajstić information content (AvgIpc) is 3.36. The zero-order valence-electron chi connectivity index (χ0n) is 21.2. The second kappa shape index (κ2) is 11.5. The Morgan fingerprint density at radius 3 is 2.29 bits per heavy atom. The van der Waals surface area contributed by atoms with Gasteiger partial charge in [0.2, 0.25) is 5.91 Å². The first kappa shape index (κ1) is 28.2. The Hall–Kier alpha value is -2.79. The number of anilines is 2. The smallest absolute Gasteiger partial charge is 0.326 e. The molecular weight excluding hydrogens is 515 g/mol. The molecule has 11 heteroatoms. The quantitative estimate of drug-likeness (QED) is 0.529. The monoisotopic (exact) mass is 549 g/mol. The van der Waals surface area contributed by atoms with E-state index in [2.05, 4.69) is 32.7 Å². The number of aromatic nitrogens is 1. The van der Waals surface area contributed by atoms with Gasteiger partial charge in [-0.3, -0.25) is 4.79 Å². The van der Waals surface area contributed by atoms with Gasteiger partial charge in [0.05, 0.1) is 11.9 Å². The Labute approximate surface area is 227 Å². The Balaban J connectivity index is 0.00000336. The predicted molar refractivity (Wildman–Crippen MR) is 145 cm³/mol. The Bertz CT molecular complexity index is 1120. The molecule has 0 spiro atoms. The third kappa shape index (κ3) is 6.09. The van der Waals surface area contributed by atoms with Crippen LogP contribution in [0.25, 0.3) is 0 Å². The number of nitrogens with one attached hydrogen (secondary N) is 2.